The Hall–Kier alpha value is -2.22. The fraction of sp³-hybridized carbons (Fsp3) is 0.0500. The quantitative estimate of drug-likeness (QED) is 0.338. The maximum Gasteiger partial charge on any atom is 0.271 e. The summed E-state index contributed by atoms with van der Waals surface area (Å²) in [5.41, 5.74) is 4.76. The van der Waals surface area contributed by atoms with E-state index in [4.69, 9.17) is 16.3 Å². The minimum absolute atomic E-state index is 0.306. The Morgan fingerprint density at radius 3 is 2.39 bits per heavy atom. The zero-order valence-electron chi connectivity index (χ0n) is 14.4. The molecule has 0 atom stereocenters. The van der Waals surface area contributed by atoms with Gasteiger partial charge in [-0.05, 0) is 79.4 Å². The Balaban J connectivity index is 1.64. The van der Waals surface area contributed by atoms with Crippen LogP contribution in [0.25, 0.3) is 0 Å². The van der Waals surface area contributed by atoms with Gasteiger partial charge in [-0.2, -0.15) is 5.10 Å². The molecule has 0 radical (unpaired) electrons. The van der Waals surface area contributed by atoms with Crippen LogP contribution in [0.1, 0.15) is 21.5 Å². The molecule has 0 fully saturated rings. The molecule has 3 rings (SSSR count). The molecule has 28 heavy (non-hydrogen) atoms. The first-order valence-electron chi connectivity index (χ1n) is 8.12. The van der Waals surface area contributed by atoms with E-state index in [0.29, 0.717) is 22.9 Å². The van der Waals surface area contributed by atoms with E-state index in [1.165, 1.54) is 0 Å². The number of rotatable bonds is 6. The van der Waals surface area contributed by atoms with Gasteiger partial charge in [0.15, 0.2) is 0 Å². The van der Waals surface area contributed by atoms with Gasteiger partial charge in [-0.25, -0.2) is 5.43 Å². The molecule has 0 bridgehead atoms. The van der Waals surface area contributed by atoms with Gasteiger partial charge in [0.1, 0.15) is 12.4 Å². The molecule has 0 aliphatic rings. The van der Waals surface area contributed by atoms with Crippen LogP contribution in [0, 0.1) is 0 Å². The molecule has 1 amide bonds. The highest BCUT2D eigenvalue weighted by molar-refractivity contribution is 9.11. The fourth-order valence-corrected chi connectivity index (χ4v) is 3.84. The van der Waals surface area contributed by atoms with E-state index in [-0.39, 0.29) is 5.91 Å². The van der Waals surface area contributed by atoms with Gasteiger partial charge in [-0.3, -0.25) is 9.78 Å². The van der Waals surface area contributed by atoms with Crippen molar-refractivity contribution in [3.8, 4) is 5.75 Å². The number of carbonyl (C=O) groups excluding carboxylic acids is 1. The van der Waals surface area contributed by atoms with Crippen LogP contribution in [0.5, 0.6) is 5.75 Å². The van der Waals surface area contributed by atoms with E-state index in [9.17, 15) is 4.79 Å². The minimum atomic E-state index is -0.306. The predicted molar refractivity (Wildman–Crippen MR) is 117 cm³/mol. The number of ether oxygens (including phenoxy) is 1. The van der Waals surface area contributed by atoms with Crippen molar-refractivity contribution >= 4 is 55.6 Å². The molecule has 1 aromatic heterocycles. The maximum absolute atomic E-state index is 12.0. The van der Waals surface area contributed by atoms with Crippen LogP contribution in [-0.4, -0.2) is 17.1 Å². The summed E-state index contributed by atoms with van der Waals surface area (Å²) in [6.45, 7) is 0.407. The number of nitrogens with zero attached hydrogens (tertiary/aromatic N) is 2. The summed E-state index contributed by atoms with van der Waals surface area (Å²) < 4.78 is 7.42. The molecule has 0 unspecified atom stereocenters. The summed E-state index contributed by atoms with van der Waals surface area (Å²) in [4.78, 5) is 15.8. The maximum atomic E-state index is 12.0. The Labute approximate surface area is 184 Å². The lowest BCUT2D eigenvalue weighted by Crippen LogP contribution is -2.17. The molecule has 142 valence electrons. The molecule has 1 heterocycles. The smallest absolute Gasteiger partial charge is 0.271 e. The van der Waals surface area contributed by atoms with Crippen LogP contribution in [0.15, 0.2) is 75.0 Å². The van der Waals surface area contributed by atoms with Gasteiger partial charge in [0, 0.05) is 23.0 Å². The minimum Gasteiger partial charge on any atom is -0.487 e. The third-order valence-electron chi connectivity index (χ3n) is 3.64. The van der Waals surface area contributed by atoms with Crippen molar-refractivity contribution < 1.29 is 9.53 Å². The molecular weight excluding hydrogens is 510 g/mol. The first-order valence-corrected chi connectivity index (χ1v) is 10.1. The SMILES string of the molecule is O=C(N/N=C/c1cc(Br)c(OCc2ccc(Cl)cc2)c(Br)c1)c1ccncc1. The van der Waals surface area contributed by atoms with Crippen molar-refractivity contribution in [1.82, 2.24) is 10.4 Å². The van der Waals surface area contributed by atoms with Gasteiger partial charge in [-0.1, -0.05) is 23.7 Å². The number of halogens is 3. The number of carbonyl (C=O) groups is 1. The lowest BCUT2D eigenvalue weighted by Gasteiger charge is -2.11. The average Bonchev–Trinajstić information content (AvgIpc) is 2.69. The Kier molecular flexibility index (Phi) is 7.19. The number of hydrazone groups is 1. The van der Waals surface area contributed by atoms with Crippen LogP contribution >= 0.6 is 43.5 Å². The number of hydrogen-bond acceptors (Lipinski definition) is 4. The zero-order chi connectivity index (χ0) is 19.9. The highest BCUT2D eigenvalue weighted by Gasteiger charge is 2.09. The highest BCUT2D eigenvalue weighted by Crippen LogP contribution is 2.35. The fourth-order valence-electron chi connectivity index (χ4n) is 2.26. The number of amides is 1. The summed E-state index contributed by atoms with van der Waals surface area (Å²) in [5, 5.41) is 4.68. The molecule has 2 aromatic carbocycles. The summed E-state index contributed by atoms with van der Waals surface area (Å²) in [7, 11) is 0. The third kappa shape index (κ3) is 5.64. The van der Waals surface area contributed by atoms with E-state index >= 15 is 0 Å². The van der Waals surface area contributed by atoms with Crippen LogP contribution in [-0.2, 0) is 6.61 Å². The first kappa shape index (κ1) is 20.5. The number of benzene rings is 2. The Morgan fingerprint density at radius 1 is 1.11 bits per heavy atom. The van der Waals surface area contributed by atoms with Crippen molar-refractivity contribution in [2.45, 2.75) is 6.61 Å². The van der Waals surface area contributed by atoms with Crippen LogP contribution in [0.3, 0.4) is 0 Å². The lowest BCUT2D eigenvalue weighted by molar-refractivity contribution is 0.0955. The van der Waals surface area contributed by atoms with Crippen molar-refractivity contribution in [3.05, 3.63) is 91.6 Å². The van der Waals surface area contributed by atoms with Crippen molar-refractivity contribution in [3.63, 3.8) is 0 Å². The molecule has 0 aliphatic carbocycles. The highest BCUT2D eigenvalue weighted by atomic mass is 79.9. The molecular formula is C20H14Br2ClN3O2. The molecule has 0 saturated heterocycles. The largest absolute Gasteiger partial charge is 0.487 e. The normalized spacial score (nSPS) is 10.8. The lowest BCUT2D eigenvalue weighted by atomic mass is 10.2. The molecule has 0 saturated carbocycles. The van der Waals surface area contributed by atoms with Crippen LogP contribution < -0.4 is 10.2 Å². The molecule has 5 nitrogen and oxygen atoms in total. The zero-order valence-corrected chi connectivity index (χ0v) is 18.3. The first-order chi connectivity index (χ1) is 13.5. The second kappa shape index (κ2) is 9.82. The van der Waals surface area contributed by atoms with Gasteiger partial charge < -0.3 is 4.74 Å². The summed E-state index contributed by atoms with van der Waals surface area (Å²) in [5.74, 6) is 0.368. The van der Waals surface area contributed by atoms with Gasteiger partial charge >= 0.3 is 0 Å². The average molecular weight is 524 g/mol. The topological polar surface area (TPSA) is 63.6 Å². The number of hydrogen-bond donors (Lipinski definition) is 1. The summed E-state index contributed by atoms with van der Waals surface area (Å²) in [6.07, 6.45) is 4.66. The number of nitrogens with one attached hydrogen (secondary N) is 1. The van der Waals surface area contributed by atoms with E-state index in [1.54, 1.807) is 30.7 Å². The molecule has 3 aromatic rings. The molecule has 0 spiro atoms. The monoisotopic (exact) mass is 521 g/mol. The second-order valence-electron chi connectivity index (χ2n) is 5.66. The van der Waals surface area contributed by atoms with Crippen molar-refractivity contribution in [2.24, 2.45) is 5.10 Å². The van der Waals surface area contributed by atoms with Crippen LogP contribution in [0.4, 0.5) is 0 Å². The van der Waals surface area contributed by atoms with Gasteiger partial charge in [0.25, 0.3) is 5.91 Å². The Morgan fingerprint density at radius 2 is 1.75 bits per heavy atom. The van der Waals surface area contributed by atoms with E-state index < -0.39 is 0 Å². The van der Waals surface area contributed by atoms with Gasteiger partial charge in [0.05, 0.1) is 15.2 Å². The van der Waals surface area contributed by atoms with E-state index in [0.717, 1.165) is 20.1 Å². The van der Waals surface area contributed by atoms with Crippen molar-refractivity contribution in [2.75, 3.05) is 0 Å². The van der Waals surface area contributed by atoms with E-state index in [1.807, 2.05) is 36.4 Å². The third-order valence-corrected chi connectivity index (χ3v) is 5.07. The predicted octanol–water partition coefficient (Wildman–Crippen LogP) is 5.60. The molecule has 8 heteroatoms. The van der Waals surface area contributed by atoms with E-state index in [2.05, 4.69) is 47.4 Å². The Bertz CT molecular complexity index is 973. The molecule has 0 aliphatic heterocycles. The summed E-state index contributed by atoms with van der Waals surface area (Å²) in [6, 6.07) is 14.4. The van der Waals surface area contributed by atoms with Gasteiger partial charge in [0.2, 0.25) is 0 Å². The summed E-state index contributed by atoms with van der Waals surface area (Å²) >= 11 is 12.9. The number of aromatic nitrogens is 1. The standard InChI is InChI=1S/C20H14Br2ClN3O2/c21-17-9-14(11-25-26-20(27)15-5-7-24-8-6-15)10-18(22)19(17)28-12-13-1-3-16(23)4-2-13/h1-11H,12H2,(H,26,27)/b25-11+. The second-order valence-corrected chi connectivity index (χ2v) is 7.81. The van der Waals surface area contributed by atoms with Gasteiger partial charge in [-0.15, -0.1) is 0 Å². The number of pyridine rings is 1. The molecule has 1 N–H and O–H groups in total. The van der Waals surface area contributed by atoms with Crippen molar-refractivity contribution in [1.29, 1.82) is 0 Å². The van der Waals surface area contributed by atoms with Crippen LogP contribution in [0.2, 0.25) is 5.02 Å².